The summed E-state index contributed by atoms with van der Waals surface area (Å²) in [6.07, 6.45) is 1.69. The minimum atomic E-state index is 0.400. The molecule has 0 saturated heterocycles. The van der Waals surface area contributed by atoms with Crippen LogP contribution in [0.15, 0.2) is 59.6 Å². The Morgan fingerprint density at radius 2 is 2.11 bits per heavy atom. The van der Waals surface area contributed by atoms with Gasteiger partial charge in [-0.3, -0.25) is 0 Å². The molecule has 0 fully saturated rings. The molecule has 140 valence electrons. The molecule has 0 aliphatic rings. The number of hydrogen-bond donors (Lipinski definition) is 2. The summed E-state index contributed by atoms with van der Waals surface area (Å²) in [6.45, 7) is 4.58. The van der Waals surface area contributed by atoms with Crippen molar-refractivity contribution in [2.75, 3.05) is 19.1 Å². The number of halogens is 1. The van der Waals surface area contributed by atoms with Gasteiger partial charge in [0.15, 0.2) is 17.3 Å². The second kappa shape index (κ2) is 8.88. The van der Waals surface area contributed by atoms with Crippen molar-refractivity contribution < 1.29 is 9.47 Å². The molecule has 0 spiro atoms. The van der Waals surface area contributed by atoms with E-state index in [0.717, 1.165) is 21.4 Å². The fourth-order valence-corrected chi connectivity index (χ4v) is 3.35. The molecule has 0 atom stereocenters. The maximum absolute atomic E-state index is 5.66. The number of aromatic nitrogens is 3. The first-order valence-electron chi connectivity index (χ1n) is 8.21. The largest absolute Gasteiger partial charge is 0.493 e. The highest BCUT2D eigenvalue weighted by atomic mass is 79.9. The Kier molecular flexibility index (Phi) is 6.31. The Morgan fingerprint density at radius 3 is 2.81 bits per heavy atom. The number of aromatic amines is 1. The van der Waals surface area contributed by atoms with Gasteiger partial charge in [-0.05, 0) is 45.8 Å². The lowest BCUT2D eigenvalue weighted by Gasteiger charge is -2.15. The Morgan fingerprint density at radius 1 is 1.33 bits per heavy atom. The van der Waals surface area contributed by atoms with Crippen LogP contribution < -0.4 is 14.9 Å². The van der Waals surface area contributed by atoms with Crippen molar-refractivity contribution in [3.63, 3.8) is 0 Å². The molecule has 3 aromatic rings. The smallest absolute Gasteiger partial charge is 0.214 e. The van der Waals surface area contributed by atoms with Gasteiger partial charge in [0.1, 0.15) is 6.61 Å². The summed E-state index contributed by atoms with van der Waals surface area (Å²) < 4.78 is 14.2. The molecule has 2 N–H and O–H groups in total. The highest BCUT2D eigenvalue weighted by molar-refractivity contribution is 9.10. The number of ether oxygens (including phenoxy) is 2. The van der Waals surface area contributed by atoms with Crippen LogP contribution in [0.2, 0.25) is 0 Å². The SMILES string of the molecule is C=CCOc1c(Br)cc(CNn2c(-c3ccccc3)n[nH]c2=S)cc1OC. The van der Waals surface area contributed by atoms with E-state index in [2.05, 4.69) is 38.1 Å². The zero-order chi connectivity index (χ0) is 19.2. The second-order valence-corrected chi connectivity index (χ2v) is 6.84. The average molecular weight is 447 g/mol. The van der Waals surface area contributed by atoms with E-state index in [1.54, 1.807) is 17.9 Å². The molecule has 8 heteroatoms. The van der Waals surface area contributed by atoms with Gasteiger partial charge in [0.2, 0.25) is 4.77 Å². The van der Waals surface area contributed by atoms with Crippen LogP contribution in [0.1, 0.15) is 5.56 Å². The summed E-state index contributed by atoms with van der Waals surface area (Å²) in [4.78, 5) is 0. The van der Waals surface area contributed by atoms with Crippen molar-refractivity contribution >= 4 is 28.1 Å². The number of benzene rings is 2. The molecule has 6 nitrogen and oxygen atoms in total. The lowest BCUT2D eigenvalue weighted by atomic mass is 10.2. The zero-order valence-electron chi connectivity index (χ0n) is 14.7. The molecule has 0 amide bonds. The predicted octanol–water partition coefficient (Wildman–Crippen LogP) is 4.69. The normalized spacial score (nSPS) is 10.4. The molecule has 27 heavy (non-hydrogen) atoms. The molecular weight excluding hydrogens is 428 g/mol. The Balaban J connectivity index is 1.84. The van der Waals surface area contributed by atoms with Crippen LogP contribution >= 0.6 is 28.1 Å². The number of H-pyrrole nitrogens is 1. The Hall–Kier alpha value is -2.58. The van der Waals surface area contributed by atoms with E-state index in [-0.39, 0.29) is 0 Å². The van der Waals surface area contributed by atoms with Crippen molar-refractivity contribution in [1.29, 1.82) is 0 Å². The summed E-state index contributed by atoms with van der Waals surface area (Å²) in [5.74, 6) is 2.01. The van der Waals surface area contributed by atoms with Gasteiger partial charge in [0, 0.05) is 5.56 Å². The van der Waals surface area contributed by atoms with Crippen molar-refractivity contribution in [2.24, 2.45) is 0 Å². The number of hydrogen-bond acceptors (Lipinski definition) is 5. The second-order valence-electron chi connectivity index (χ2n) is 5.60. The van der Waals surface area contributed by atoms with E-state index in [4.69, 9.17) is 21.7 Å². The van der Waals surface area contributed by atoms with Crippen LogP contribution in [-0.4, -0.2) is 28.6 Å². The molecular formula is C19H19BrN4O2S. The minimum absolute atomic E-state index is 0.400. The minimum Gasteiger partial charge on any atom is -0.493 e. The quantitative estimate of drug-likeness (QED) is 0.388. The fourth-order valence-electron chi connectivity index (χ4n) is 2.55. The summed E-state index contributed by atoms with van der Waals surface area (Å²) in [6, 6.07) is 13.7. The highest BCUT2D eigenvalue weighted by Gasteiger charge is 2.13. The number of nitrogens with one attached hydrogen (secondary N) is 2. The highest BCUT2D eigenvalue weighted by Crippen LogP contribution is 2.36. The van der Waals surface area contributed by atoms with Gasteiger partial charge in [0.25, 0.3) is 0 Å². The lowest BCUT2D eigenvalue weighted by Crippen LogP contribution is -2.16. The first-order valence-corrected chi connectivity index (χ1v) is 9.41. The number of rotatable bonds is 8. The standard InChI is InChI=1S/C19H19BrN4O2S/c1-3-9-26-17-15(20)10-13(11-16(17)25-2)12-21-24-18(22-23-19(24)27)14-7-5-4-6-8-14/h3-8,10-11,21H,1,9,12H2,2H3,(H,23,27). The van der Waals surface area contributed by atoms with Gasteiger partial charge in [-0.15, -0.1) is 0 Å². The summed E-state index contributed by atoms with van der Waals surface area (Å²) >= 11 is 8.89. The first kappa shape index (κ1) is 19.2. The summed E-state index contributed by atoms with van der Waals surface area (Å²) in [5, 5.41) is 7.15. The summed E-state index contributed by atoms with van der Waals surface area (Å²) in [7, 11) is 1.61. The first-order chi connectivity index (χ1) is 13.1. The molecule has 0 aliphatic heterocycles. The van der Waals surface area contributed by atoms with E-state index in [9.17, 15) is 0 Å². The van der Waals surface area contributed by atoms with Gasteiger partial charge in [-0.25, -0.2) is 9.77 Å². The molecule has 1 heterocycles. The topological polar surface area (TPSA) is 64.1 Å². The maximum atomic E-state index is 5.66. The Labute approximate surface area is 170 Å². The number of nitrogens with zero attached hydrogens (tertiary/aromatic N) is 2. The maximum Gasteiger partial charge on any atom is 0.214 e. The Bertz CT molecular complexity index is 985. The van der Waals surface area contributed by atoms with Crippen LogP contribution in [-0.2, 0) is 6.54 Å². The van der Waals surface area contributed by atoms with E-state index >= 15 is 0 Å². The number of methoxy groups -OCH3 is 1. The molecule has 2 aromatic carbocycles. The monoisotopic (exact) mass is 446 g/mol. The van der Waals surface area contributed by atoms with Crippen molar-refractivity contribution in [3.05, 3.63) is 69.9 Å². The van der Waals surface area contributed by atoms with Crippen LogP contribution in [0.3, 0.4) is 0 Å². The molecule has 0 radical (unpaired) electrons. The van der Waals surface area contributed by atoms with Crippen LogP contribution in [0, 0.1) is 4.77 Å². The average Bonchev–Trinajstić information content (AvgIpc) is 3.06. The van der Waals surface area contributed by atoms with Crippen LogP contribution in [0.25, 0.3) is 11.4 Å². The third kappa shape index (κ3) is 4.40. The van der Waals surface area contributed by atoms with E-state index in [1.807, 2.05) is 42.5 Å². The summed E-state index contributed by atoms with van der Waals surface area (Å²) in [5.41, 5.74) is 5.26. The molecule has 0 unspecified atom stereocenters. The lowest BCUT2D eigenvalue weighted by molar-refractivity contribution is 0.324. The van der Waals surface area contributed by atoms with Gasteiger partial charge in [0.05, 0.1) is 18.1 Å². The third-order valence-corrected chi connectivity index (χ3v) is 4.64. The van der Waals surface area contributed by atoms with Crippen molar-refractivity contribution in [2.45, 2.75) is 6.54 Å². The molecule has 1 aromatic heterocycles. The van der Waals surface area contributed by atoms with E-state index in [1.165, 1.54) is 0 Å². The van der Waals surface area contributed by atoms with Crippen molar-refractivity contribution in [1.82, 2.24) is 14.9 Å². The third-order valence-electron chi connectivity index (χ3n) is 3.78. The van der Waals surface area contributed by atoms with Gasteiger partial charge in [-0.1, -0.05) is 43.0 Å². The van der Waals surface area contributed by atoms with Crippen molar-refractivity contribution in [3.8, 4) is 22.9 Å². The molecule has 0 saturated carbocycles. The van der Waals surface area contributed by atoms with Gasteiger partial charge in [-0.2, -0.15) is 5.10 Å². The molecule has 0 aliphatic carbocycles. The van der Waals surface area contributed by atoms with Gasteiger partial charge >= 0.3 is 0 Å². The fraction of sp³-hybridized carbons (Fsp3) is 0.158. The van der Waals surface area contributed by atoms with E-state index in [0.29, 0.717) is 29.4 Å². The molecule has 0 bridgehead atoms. The van der Waals surface area contributed by atoms with E-state index < -0.39 is 0 Å². The van der Waals surface area contributed by atoms with Crippen LogP contribution in [0.4, 0.5) is 0 Å². The zero-order valence-corrected chi connectivity index (χ0v) is 17.1. The predicted molar refractivity (Wildman–Crippen MR) is 112 cm³/mol. The van der Waals surface area contributed by atoms with Gasteiger partial charge < -0.3 is 14.9 Å². The molecule has 3 rings (SSSR count). The van der Waals surface area contributed by atoms with Crippen LogP contribution in [0.5, 0.6) is 11.5 Å².